The summed E-state index contributed by atoms with van der Waals surface area (Å²) >= 11 is 5.83. The summed E-state index contributed by atoms with van der Waals surface area (Å²) in [5.74, 6) is 0.372. The van der Waals surface area contributed by atoms with Crippen molar-refractivity contribution in [3.63, 3.8) is 0 Å². The van der Waals surface area contributed by atoms with E-state index in [0.717, 1.165) is 24.9 Å². The van der Waals surface area contributed by atoms with Crippen molar-refractivity contribution in [1.82, 2.24) is 5.32 Å². The molecule has 0 amide bonds. The lowest BCUT2D eigenvalue weighted by Crippen LogP contribution is -2.36. The molecule has 0 aliphatic rings. The average Bonchev–Trinajstić information content (AvgIpc) is 2.37. The van der Waals surface area contributed by atoms with Crippen LogP contribution in [0.5, 0.6) is 0 Å². The van der Waals surface area contributed by atoms with Crippen LogP contribution in [0, 0.1) is 17.2 Å². The molecular weight excluding hydrogens is 285 g/mol. The summed E-state index contributed by atoms with van der Waals surface area (Å²) < 4.78 is 14.0. The number of rotatable bonds is 7. The molecule has 1 nitrogen and oxygen atoms in total. The Morgan fingerprint density at radius 2 is 1.95 bits per heavy atom. The topological polar surface area (TPSA) is 12.0 Å². The SMILES string of the molecule is CCCNC(Cc1ccc(Cl)cc1F)CC(C)C(C)(C)C. The predicted molar refractivity (Wildman–Crippen MR) is 90.4 cm³/mol. The van der Waals surface area contributed by atoms with Crippen LogP contribution in [0.3, 0.4) is 0 Å². The first kappa shape index (κ1) is 18.4. The summed E-state index contributed by atoms with van der Waals surface area (Å²) in [6, 6.07) is 5.28. The fourth-order valence-electron chi connectivity index (χ4n) is 2.32. The predicted octanol–water partition coefficient (Wildman–Crippen LogP) is 5.46. The molecule has 0 aromatic heterocycles. The van der Waals surface area contributed by atoms with E-state index >= 15 is 0 Å². The van der Waals surface area contributed by atoms with E-state index in [1.54, 1.807) is 12.1 Å². The van der Waals surface area contributed by atoms with E-state index < -0.39 is 0 Å². The van der Waals surface area contributed by atoms with Crippen LogP contribution in [0.4, 0.5) is 4.39 Å². The second kappa shape index (κ2) is 8.14. The molecular formula is C18H29ClFN. The van der Waals surface area contributed by atoms with Crippen LogP contribution in [0.2, 0.25) is 5.02 Å². The molecule has 0 radical (unpaired) electrons. The normalized spacial score (nSPS) is 15.0. The van der Waals surface area contributed by atoms with E-state index in [9.17, 15) is 4.39 Å². The van der Waals surface area contributed by atoms with E-state index in [0.29, 0.717) is 23.4 Å². The minimum Gasteiger partial charge on any atom is -0.314 e. The van der Waals surface area contributed by atoms with Gasteiger partial charge in [-0.1, -0.05) is 52.3 Å². The molecule has 0 bridgehead atoms. The van der Waals surface area contributed by atoms with Crippen LogP contribution in [0.1, 0.15) is 53.0 Å². The summed E-state index contributed by atoms with van der Waals surface area (Å²) in [5, 5.41) is 4.02. The molecule has 0 heterocycles. The van der Waals surface area contributed by atoms with Crippen molar-refractivity contribution in [3.05, 3.63) is 34.6 Å². The smallest absolute Gasteiger partial charge is 0.127 e. The Morgan fingerprint density at radius 1 is 1.29 bits per heavy atom. The van der Waals surface area contributed by atoms with Gasteiger partial charge in [-0.3, -0.25) is 0 Å². The van der Waals surface area contributed by atoms with Crippen LogP contribution in [0.25, 0.3) is 0 Å². The third kappa shape index (κ3) is 6.36. The van der Waals surface area contributed by atoms with E-state index in [1.165, 1.54) is 6.07 Å². The molecule has 0 spiro atoms. The van der Waals surface area contributed by atoms with Gasteiger partial charge >= 0.3 is 0 Å². The average molecular weight is 314 g/mol. The minimum absolute atomic E-state index is 0.200. The van der Waals surface area contributed by atoms with Gasteiger partial charge in [0.15, 0.2) is 0 Å². The largest absolute Gasteiger partial charge is 0.314 e. The van der Waals surface area contributed by atoms with Crippen molar-refractivity contribution in [3.8, 4) is 0 Å². The van der Waals surface area contributed by atoms with Gasteiger partial charge in [-0.2, -0.15) is 0 Å². The Hall–Kier alpha value is -0.600. The number of halogens is 2. The monoisotopic (exact) mass is 313 g/mol. The minimum atomic E-state index is -0.200. The molecule has 120 valence electrons. The Kier molecular flexibility index (Phi) is 7.15. The molecule has 2 atom stereocenters. The van der Waals surface area contributed by atoms with E-state index in [4.69, 9.17) is 11.6 Å². The maximum Gasteiger partial charge on any atom is 0.127 e. The maximum absolute atomic E-state index is 14.0. The highest BCUT2D eigenvalue weighted by atomic mass is 35.5. The second-order valence-corrected chi connectivity index (χ2v) is 7.53. The zero-order valence-electron chi connectivity index (χ0n) is 14.0. The van der Waals surface area contributed by atoms with Crippen molar-refractivity contribution in [1.29, 1.82) is 0 Å². The fraction of sp³-hybridized carbons (Fsp3) is 0.667. The molecule has 0 saturated carbocycles. The van der Waals surface area contributed by atoms with Crippen LogP contribution in [-0.4, -0.2) is 12.6 Å². The van der Waals surface area contributed by atoms with Gasteiger partial charge < -0.3 is 5.32 Å². The molecule has 3 heteroatoms. The fourth-order valence-corrected chi connectivity index (χ4v) is 2.48. The molecule has 1 rings (SSSR count). The van der Waals surface area contributed by atoms with Crippen LogP contribution < -0.4 is 5.32 Å². The Morgan fingerprint density at radius 3 is 2.48 bits per heavy atom. The summed E-state index contributed by atoms with van der Waals surface area (Å²) in [6.07, 6.45) is 2.85. The van der Waals surface area contributed by atoms with Crippen molar-refractivity contribution < 1.29 is 4.39 Å². The van der Waals surface area contributed by atoms with Crippen molar-refractivity contribution in [2.24, 2.45) is 11.3 Å². The zero-order chi connectivity index (χ0) is 16.0. The summed E-state index contributed by atoms with van der Waals surface area (Å²) in [4.78, 5) is 0. The van der Waals surface area contributed by atoms with Gasteiger partial charge in [0.2, 0.25) is 0 Å². The molecule has 1 aromatic rings. The lowest BCUT2D eigenvalue weighted by Gasteiger charge is -2.31. The molecule has 0 fully saturated rings. The lowest BCUT2D eigenvalue weighted by molar-refractivity contribution is 0.221. The summed E-state index contributed by atoms with van der Waals surface area (Å²) in [5.41, 5.74) is 1.01. The standard InChI is InChI=1S/C18H29ClFN/c1-6-9-21-16(10-13(2)18(3,4)5)11-14-7-8-15(19)12-17(14)20/h7-8,12-13,16,21H,6,9-11H2,1-5H3. The highest BCUT2D eigenvalue weighted by Crippen LogP contribution is 2.30. The lowest BCUT2D eigenvalue weighted by atomic mass is 9.77. The molecule has 0 aliphatic heterocycles. The van der Waals surface area contributed by atoms with Crippen molar-refractivity contribution in [2.45, 2.75) is 59.9 Å². The molecule has 0 saturated heterocycles. The van der Waals surface area contributed by atoms with Gasteiger partial charge in [-0.05, 0) is 54.8 Å². The number of benzene rings is 1. The van der Waals surface area contributed by atoms with Gasteiger partial charge in [0, 0.05) is 11.1 Å². The van der Waals surface area contributed by atoms with Gasteiger partial charge in [0.1, 0.15) is 5.82 Å². The van der Waals surface area contributed by atoms with Gasteiger partial charge in [-0.25, -0.2) is 4.39 Å². The van der Waals surface area contributed by atoms with Gasteiger partial charge in [0.05, 0.1) is 0 Å². The molecule has 21 heavy (non-hydrogen) atoms. The highest BCUT2D eigenvalue weighted by molar-refractivity contribution is 6.30. The van der Waals surface area contributed by atoms with E-state index in [1.807, 2.05) is 0 Å². The highest BCUT2D eigenvalue weighted by Gasteiger charge is 2.24. The molecule has 1 N–H and O–H groups in total. The van der Waals surface area contributed by atoms with Crippen molar-refractivity contribution >= 4 is 11.6 Å². The maximum atomic E-state index is 14.0. The van der Waals surface area contributed by atoms with Crippen LogP contribution in [-0.2, 0) is 6.42 Å². The van der Waals surface area contributed by atoms with Crippen LogP contribution >= 0.6 is 11.6 Å². The first-order chi connectivity index (χ1) is 9.74. The Balaban J connectivity index is 2.77. The summed E-state index contributed by atoms with van der Waals surface area (Å²) in [6.45, 7) is 12.2. The Bertz CT molecular complexity index is 439. The van der Waals surface area contributed by atoms with E-state index in [-0.39, 0.29) is 11.2 Å². The molecule has 2 unspecified atom stereocenters. The molecule has 1 aromatic carbocycles. The number of hydrogen-bond acceptors (Lipinski definition) is 1. The zero-order valence-corrected chi connectivity index (χ0v) is 14.7. The van der Waals surface area contributed by atoms with Gasteiger partial charge in [0.25, 0.3) is 0 Å². The van der Waals surface area contributed by atoms with Crippen molar-refractivity contribution in [2.75, 3.05) is 6.54 Å². The third-order valence-corrected chi connectivity index (χ3v) is 4.52. The number of hydrogen-bond donors (Lipinski definition) is 1. The Labute approximate surface area is 134 Å². The van der Waals surface area contributed by atoms with Gasteiger partial charge in [-0.15, -0.1) is 0 Å². The first-order valence-corrected chi connectivity index (χ1v) is 8.29. The first-order valence-electron chi connectivity index (χ1n) is 7.91. The van der Waals surface area contributed by atoms with Crippen LogP contribution in [0.15, 0.2) is 18.2 Å². The number of nitrogens with one attached hydrogen (secondary N) is 1. The summed E-state index contributed by atoms with van der Waals surface area (Å²) in [7, 11) is 0. The molecule has 0 aliphatic carbocycles. The third-order valence-electron chi connectivity index (χ3n) is 4.28. The quantitative estimate of drug-likeness (QED) is 0.704. The second-order valence-electron chi connectivity index (χ2n) is 7.09. The van der Waals surface area contributed by atoms with E-state index in [2.05, 4.69) is 39.9 Å².